The fraction of sp³-hybridized carbons (Fsp3) is 0.667. The summed E-state index contributed by atoms with van der Waals surface area (Å²) in [5, 5.41) is 7.53. The van der Waals surface area contributed by atoms with E-state index in [1.165, 1.54) is 7.11 Å². The molecule has 1 heterocycles. The third kappa shape index (κ3) is 2.83. The van der Waals surface area contributed by atoms with Crippen molar-refractivity contribution in [3.8, 4) is 0 Å². The van der Waals surface area contributed by atoms with Gasteiger partial charge in [-0.05, 0) is 12.3 Å². The number of esters is 1. The molecule has 0 amide bonds. The smallest absolute Gasteiger partial charge is 0.360 e. The van der Waals surface area contributed by atoms with Gasteiger partial charge in [0.2, 0.25) is 0 Å². The second kappa shape index (κ2) is 4.74. The quantitative estimate of drug-likeness (QED) is 0.678. The number of methoxy groups -OCH3 is 1. The van der Waals surface area contributed by atoms with Crippen molar-refractivity contribution in [1.82, 2.24) is 15.0 Å². The Labute approximate surface area is 83.1 Å². The molecule has 1 rings (SSSR count). The van der Waals surface area contributed by atoms with Crippen LogP contribution >= 0.6 is 0 Å². The third-order valence-corrected chi connectivity index (χ3v) is 1.87. The van der Waals surface area contributed by atoms with Crippen molar-refractivity contribution in [3.63, 3.8) is 0 Å². The molecule has 0 bridgehead atoms. The Hall–Kier alpha value is -1.39. The highest BCUT2D eigenvalue weighted by Gasteiger charge is 2.10. The topological polar surface area (TPSA) is 57.0 Å². The van der Waals surface area contributed by atoms with Gasteiger partial charge in [0.1, 0.15) is 0 Å². The molecule has 0 spiro atoms. The fourth-order valence-corrected chi connectivity index (χ4v) is 0.996. The highest BCUT2D eigenvalue weighted by atomic mass is 16.5. The van der Waals surface area contributed by atoms with Gasteiger partial charge in [0.15, 0.2) is 5.69 Å². The first-order valence-corrected chi connectivity index (χ1v) is 4.62. The van der Waals surface area contributed by atoms with Gasteiger partial charge in [0, 0.05) is 6.54 Å². The van der Waals surface area contributed by atoms with E-state index in [9.17, 15) is 4.79 Å². The number of nitrogens with zero attached hydrogens (tertiary/aromatic N) is 3. The number of aryl methyl sites for hydroxylation is 1. The van der Waals surface area contributed by atoms with Crippen molar-refractivity contribution in [2.75, 3.05) is 7.11 Å². The first-order valence-electron chi connectivity index (χ1n) is 4.62. The highest BCUT2D eigenvalue weighted by Crippen LogP contribution is 2.02. The zero-order chi connectivity index (χ0) is 10.6. The molecule has 0 saturated carbocycles. The van der Waals surface area contributed by atoms with E-state index >= 15 is 0 Å². The molecule has 0 fully saturated rings. The average Bonchev–Trinajstić information content (AvgIpc) is 2.62. The number of hydrogen-bond acceptors (Lipinski definition) is 4. The molecular formula is C9H15N3O2. The molecule has 1 aromatic heterocycles. The number of ether oxygens (including phenoxy) is 1. The summed E-state index contributed by atoms with van der Waals surface area (Å²) in [5.41, 5.74) is 0.260. The third-order valence-electron chi connectivity index (χ3n) is 1.87. The first kappa shape index (κ1) is 10.7. The summed E-state index contributed by atoms with van der Waals surface area (Å²) < 4.78 is 6.18. The van der Waals surface area contributed by atoms with Crippen LogP contribution in [0.15, 0.2) is 6.20 Å². The monoisotopic (exact) mass is 197 g/mol. The maximum Gasteiger partial charge on any atom is 0.360 e. The van der Waals surface area contributed by atoms with Gasteiger partial charge in [-0.25, -0.2) is 4.79 Å². The minimum atomic E-state index is -0.444. The van der Waals surface area contributed by atoms with Crippen LogP contribution in [-0.2, 0) is 11.3 Å². The summed E-state index contributed by atoms with van der Waals surface area (Å²) in [5.74, 6) is 0.168. The van der Waals surface area contributed by atoms with E-state index in [4.69, 9.17) is 0 Å². The lowest BCUT2D eigenvalue weighted by Gasteiger charge is -2.02. The van der Waals surface area contributed by atoms with Gasteiger partial charge in [-0.3, -0.25) is 4.68 Å². The molecule has 78 valence electrons. The molecule has 0 unspecified atom stereocenters. The standard InChI is InChI=1S/C9H15N3O2/c1-7(2)4-5-12-6-8(10-11-12)9(13)14-3/h6-7H,4-5H2,1-3H3. The van der Waals surface area contributed by atoms with Crippen molar-refractivity contribution in [3.05, 3.63) is 11.9 Å². The Kier molecular flexibility index (Phi) is 3.62. The molecule has 14 heavy (non-hydrogen) atoms. The van der Waals surface area contributed by atoms with Gasteiger partial charge in [0.25, 0.3) is 0 Å². The van der Waals surface area contributed by atoms with Crippen molar-refractivity contribution in [1.29, 1.82) is 0 Å². The molecule has 5 heteroatoms. The molecule has 0 aromatic carbocycles. The minimum absolute atomic E-state index is 0.260. The van der Waals surface area contributed by atoms with Crippen molar-refractivity contribution < 1.29 is 9.53 Å². The zero-order valence-corrected chi connectivity index (χ0v) is 8.73. The molecule has 0 atom stereocenters. The van der Waals surface area contributed by atoms with E-state index < -0.39 is 5.97 Å². The lowest BCUT2D eigenvalue weighted by Crippen LogP contribution is -2.02. The van der Waals surface area contributed by atoms with Crippen LogP contribution in [0, 0.1) is 5.92 Å². The second-order valence-corrected chi connectivity index (χ2v) is 3.54. The molecule has 0 radical (unpaired) electrons. The van der Waals surface area contributed by atoms with Crippen LogP contribution in [0.25, 0.3) is 0 Å². The number of aromatic nitrogens is 3. The number of carbonyl (C=O) groups excluding carboxylic acids is 1. The molecule has 0 aliphatic carbocycles. The van der Waals surface area contributed by atoms with Crippen LogP contribution in [0.1, 0.15) is 30.8 Å². The summed E-state index contributed by atoms with van der Waals surface area (Å²) in [7, 11) is 1.33. The van der Waals surface area contributed by atoms with E-state index in [0.29, 0.717) is 5.92 Å². The molecule has 1 aromatic rings. The van der Waals surface area contributed by atoms with Crippen LogP contribution in [-0.4, -0.2) is 28.1 Å². The van der Waals surface area contributed by atoms with Gasteiger partial charge in [-0.2, -0.15) is 0 Å². The van der Waals surface area contributed by atoms with Crippen molar-refractivity contribution >= 4 is 5.97 Å². The number of carbonyl (C=O) groups is 1. The Morgan fingerprint density at radius 3 is 2.93 bits per heavy atom. The maximum absolute atomic E-state index is 11.0. The number of rotatable bonds is 4. The summed E-state index contributed by atoms with van der Waals surface area (Å²) >= 11 is 0. The average molecular weight is 197 g/mol. The molecular weight excluding hydrogens is 182 g/mol. The maximum atomic E-state index is 11.0. The van der Waals surface area contributed by atoms with Crippen molar-refractivity contribution in [2.45, 2.75) is 26.8 Å². The molecule has 5 nitrogen and oxygen atoms in total. The SMILES string of the molecule is COC(=O)c1cn(CCC(C)C)nn1. The Balaban J connectivity index is 2.55. The van der Waals surface area contributed by atoms with E-state index in [2.05, 4.69) is 28.9 Å². The Morgan fingerprint density at radius 1 is 1.64 bits per heavy atom. The molecule has 0 aliphatic heterocycles. The van der Waals surface area contributed by atoms with E-state index in [1.54, 1.807) is 10.9 Å². The predicted molar refractivity (Wildman–Crippen MR) is 50.8 cm³/mol. The predicted octanol–water partition coefficient (Wildman–Crippen LogP) is 1.11. The lowest BCUT2D eigenvalue weighted by atomic mass is 10.1. The summed E-state index contributed by atoms with van der Waals surface area (Å²) in [6.45, 7) is 5.05. The Morgan fingerprint density at radius 2 is 2.36 bits per heavy atom. The molecule has 0 N–H and O–H groups in total. The van der Waals surface area contributed by atoms with E-state index in [0.717, 1.165) is 13.0 Å². The number of hydrogen-bond donors (Lipinski definition) is 0. The van der Waals surface area contributed by atoms with Gasteiger partial charge < -0.3 is 4.74 Å². The van der Waals surface area contributed by atoms with Gasteiger partial charge >= 0.3 is 5.97 Å². The lowest BCUT2D eigenvalue weighted by molar-refractivity contribution is 0.0594. The van der Waals surface area contributed by atoms with Crippen LogP contribution in [0.3, 0.4) is 0 Å². The van der Waals surface area contributed by atoms with Crippen LogP contribution in [0.4, 0.5) is 0 Å². The van der Waals surface area contributed by atoms with Crippen LogP contribution in [0.2, 0.25) is 0 Å². The summed E-state index contributed by atoms with van der Waals surface area (Å²) in [6.07, 6.45) is 2.62. The normalized spacial score (nSPS) is 10.6. The van der Waals surface area contributed by atoms with Gasteiger partial charge in [0.05, 0.1) is 13.3 Å². The minimum Gasteiger partial charge on any atom is -0.464 e. The largest absolute Gasteiger partial charge is 0.464 e. The Bertz CT molecular complexity index is 307. The van der Waals surface area contributed by atoms with Gasteiger partial charge in [-0.15, -0.1) is 5.10 Å². The fourth-order valence-electron chi connectivity index (χ4n) is 0.996. The van der Waals surface area contributed by atoms with Crippen LogP contribution in [0.5, 0.6) is 0 Å². The molecule has 0 aliphatic rings. The highest BCUT2D eigenvalue weighted by molar-refractivity contribution is 5.86. The summed E-state index contributed by atoms with van der Waals surface area (Å²) in [4.78, 5) is 11.0. The molecule has 0 saturated heterocycles. The van der Waals surface area contributed by atoms with E-state index in [1.807, 2.05) is 0 Å². The second-order valence-electron chi connectivity index (χ2n) is 3.54. The van der Waals surface area contributed by atoms with Crippen LogP contribution < -0.4 is 0 Å². The first-order chi connectivity index (χ1) is 6.63. The van der Waals surface area contributed by atoms with E-state index in [-0.39, 0.29) is 5.69 Å². The summed E-state index contributed by atoms with van der Waals surface area (Å²) in [6, 6.07) is 0. The zero-order valence-electron chi connectivity index (χ0n) is 8.73. The van der Waals surface area contributed by atoms with Crippen molar-refractivity contribution in [2.24, 2.45) is 5.92 Å². The van der Waals surface area contributed by atoms with Gasteiger partial charge in [-0.1, -0.05) is 19.1 Å².